The first-order valence-electron chi connectivity index (χ1n) is 6.82. The van der Waals surface area contributed by atoms with Gasteiger partial charge >= 0.3 is 5.97 Å². The van der Waals surface area contributed by atoms with Crippen LogP contribution in [0.25, 0.3) is 0 Å². The summed E-state index contributed by atoms with van der Waals surface area (Å²) in [5.41, 5.74) is 0.759. The maximum atomic E-state index is 11.9. The van der Waals surface area contributed by atoms with E-state index in [4.69, 9.17) is 9.47 Å². The van der Waals surface area contributed by atoms with Crippen molar-refractivity contribution in [3.05, 3.63) is 57.4 Å². The van der Waals surface area contributed by atoms with Gasteiger partial charge in [0.05, 0.1) is 13.7 Å². The molecule has 2 rings (SSSR count). The van der Waals surface area contributed by atoms with E-state index in [1.165, 1.54) is 13.2 Å². The van der Waals surface area contributed by atoms with Gasteiger partial charge in [0.15, 0.2) is 5.75 Å². The first-order chi connectivity index (χ1) is 11.1. The molecule has 1 aromatic carbocycles. The van der Waals surface area contributed by atoms with Crippen molar-refractivity contribution in [3.8, 4) is 5.75 Å². The average molecular weight is 426 g/mol. The monoisotopic (exact) mass is 426 g/mol. The smallest absolute Gasteiger partial charge is 0.357 e. The molecule has 2 aromatic rings. The van der Waals surface area contributed by atoms with Crippen molar-refractivity contribution in [2.45, 2.75) is 0 Å². The van der Waals surface area contributed by atoms with Crippen LogP contribution in [-0.4, -0.2) is 37.1 Å². The quantitative estimate of drug-likeness (QED) is 0.332. The molecule has 1 heterocycles. The number of carbonyl (C=O) groups excluding carboxylic acids is 2. The van der Waals surface area contributed by atoms with Gasteiger partial charge in [-0.15, -0.1) is 0 Å². The van der Waals surface area contributed by atoms with Gasteiger partial charge in [0.1, 0.15) is 16.0 Å². The lowest BCUT2D eigenvalue weighted by Gasteiger charge is -2.07. The van der Waals surface area contributed by atoms with E-state index in [2.05, 4.69) is 10.3 Å². The molecule has 0 aliphatic carbocycles. The zero-order chi connectivity index (χ0) is 16.7. The minimum Gasteiger partial charge on any atom is -0.494 e. The molecule has 0 fully saturated rings. The summed E-state index contributed by atoms with van der Waals surface area (Å²) in [7, 11) is 1.53. The molecule has 7 heteroatoms. The van der Waals surface area contributed by atoms with Crippen LogP contribution in [0.5, 0.6) is 5.75 Å². The molecule has 0 saturated carbocycles. The van der Waals surface area contributed by atoms with Crippen LogP contribution in [0, 0.1) is 3.70 Å². The minimum atomic E-state index is -0.542. The number of ether oxygens (including phenoxy) is 2. The number of nitrogens with zero attached hydrogens (tertiary/aromatic N) is 1. The summed E-state index contributed by atoms with van der Waals surface area (Å²) in [4.78, 5) is 27.8. The van der Waals surface area contributed by atoms with E-state index in [-0.39, 0.29) is 24.8 Å². The Morgan fingerprint density at radius 1 is 1.17 bits per heavy atom. The second-order valence-corrected chi connectivity index (χ2v) is 5.47. The van der Waals surface area contributed by atoms with E-state index in [9.17, 15) is 9.59 Å². The van der Waals surface area contributed by atoms with Crippen LogP contribution < -0.4 is 10.1 Å². The van der Waals surface area contributed by atoms with Crippen molar-refractivity contribution in [3.63, 3.8) is 0 Å². The van der Waals surface area contributed by atoms with Gasteiger partial charge in [-0.1, -0.05) is 18.2 Å². The van der Waals surface area contributed by atoms with Crippen LogP contribution in [0.15, 0.2) is 42.5 Å². The lowest BCUT2D eigenvalue weighted by atomic mass is 10.2. The Morgan fingerprint density at radius 2 is 1.91 bits per heavy atom. The highest BCUT2D eigenvalue weighted by Crippen LogP contribution is 2.18. The lowest BCUT2D eigenvalue weighted by molar-refractivity contribution is 0.0496. The van der Waals surface area contributed by atoms with E-state index in [0.717, 1.165) is 0 Å². The van der Waals surface area contributed by atoms with Gasteiger partial charge in [0.25, 0.3) is 5.91 Å². The maximum absolute atomic E-state index is 11.9. The Bertz CT molecular complexity index is 692. The average Bonchev–Trinajstić information content (AvgIpc) is 2.59. The number of methoxy groups -OCH3 is 1. The van der Waals surface area contributed by atoms with E-state index in [1.807, 2.05) is 28.7 Å². The summed E-state index contributed by atoms with van der Waals surface area (Å²) in [5, 5.41) is 2.68. The topological polar surface area (TPSA) is 77.5 Å². The van der Waals surface area contributed by atoms with Gasteiger partial charge < -0.3 is 14.8 Å². The molecule has 0 aliphatic heterocycles. The number of nitrogens with one attached hydrogen (secondary N) is 1. The molecular formula is C16H15IN2O4. The van der Waals surface area contributed by atoms with E-state index < -0.39 is 5.97 Å². The number of carbonyl (C=O) groups is 2. The molecule has 0 saturated heterocycles. The van der Waals surface area contributed by atoms with Gasteiger partial charge in [0, 0.05) is 5.56 Å². The summed E-state index contributed by atoms with van der Waals surface area (Å²) in [5.74, 6) is -0.157. The summed E-state index contributed by atoms with van der Waals surface area (Å²) in [6, 6.07) is 12.0. The molecule has 0 radical (unpaired) electrons. The fourth-order valence-corrected chi connectivity index (χ4v) is 2.42. The van der Waals surface area contributed by atoms with Crippen LogP contribution >= 0.6 is 22.6 Å². The van der Waals surface area contributed by atoms with Crippen LogP contribution in [0.4, 0.5) is 0 Å². The molecule has 1 aromatic heterocycles. The Kier molecular flexibility index (Phi) is 6.33. The normalized spacial score (nSPS) is 10.0. The third kappa shape index (κ3) is 4.92. The van der Waals surface area contributed by atoms with Crippen LogP contribution in [0.3, 0.4) is 0 Å². The highest BCUT2D eigenvalue weighted by atomic mass is 127. The maximum Gasteiger partial charge on any atom is 0.357 e. The number of amides is 1. The third-order valence-electron chi connectivity index (χ3n) is 2.90. The number of hydrogen-bond donors (Lipinski definition) is 1. The molecule has 120 valence electrons. The van der Waals surface area contributed by atoms with Crippen molar-refractivity contribution in [2.75, 3.05) is 20.3 Å². The number of aromatic nitrogens is 1. The van der Waals surface area contributed by atoms with Gasteiger partial charge in [-0.25, -0.2) is 9.78 Å². The van der Waals surface area contributed by atoms with Crippen molar-refractivity contribution in [1.82, 2.24) is 10.3 Å². The number of benzene rings is 1. The fraction of sp³-hybridized carbons (Fsp3) is 0.188. The lowest BCUT2D eigenvalue weighted by Crippen LogP contribution is -2.28. The highest BCUT2D eigenvalue weighted by molar-refractivity contribution is 14.1. The molecule has 0 unspecified atom stereocenters. The molecule has 1 N–H and O–H groups in total. The van der Waals surface area contributed by atoms with Crippen molar-refractivity contribution in [2.24, 2.45) is 0 Å². The number of hydrogen-bond acceptors (Lipinski definition) is 5. The van der Waals surface area contributed by atoms with Gasteiger partial charge in [-0.05, 0) is 46.9 Å². The first kappa shape index (κ1) is 17.2. The summed E-state index contributed by atoms with van der Waals surface area (Å²) in [6.45, 7) is 0.300. The molecule has 6 nitrogen and oxygen atoms in total. The largest absolute Gasteiger partial charge is 0.494 e. The molecule has 0 atom stereocenters. The highest BCUT2D eigenvalue weighted by Gasteiger charge is 2.12. The fourth-order valence-electron chi connectivity index (χ4n) is 1.76. The Hall–Kier alpha value is -2.16. The Balaban J connectivity index is 1.79. The van der Waals surface area contributed by atoms with Crippen molar-refractivity contribution < 1.29 is 19.1 Å². The summed E-state index contributed by atoms with van der Waals surface area (Å²) < 4.78 is 10.7. The number of pyridine rings is 1. The SMILES string of the molecule is COc1ccc(C(=O)OCCNC(=O)c2ccccc2)nc1I. The first-order valence-corrected chi connectivity index (χ1v) is 7.90. The molecule has 23 heavy (non-hydrogen) atoms. The van der Waals surface area contributed by atoms with E-state index >= 15 is 0 Å². The zero-order valence-electron chi connectivity index (χ0n) is 12.4. The van der Waals surface area contributed by atoms with Gasteiger partial charge in [-0.2, -0.15) is 0 Å². The standard InChI is InChI=1S/C16H15IN2O4/c1-22-13-8-7-12(19-14(13)17)16(21)23-10-9-18-15(20)11-5-3-2-4-6-11/h2-8H,9-10H2,1H3,(H,18,20). The van der Waals surface area contributed by atoms with Gasteiger partial charge in [0.2, 0.25) is 0 Å². The van der Waals surface area contributed by atoms with Gasteiger partial charge in [-0.3, -0.25) is 4.79 Å². The molecule has 0 bridgehead atoms. The Labute approximate surface area is 147 Å². The number of rotatable bonds is 6. The second kappa shape index (κ2) is 8.47. The summed E-state index contributed by atoms with van der Waals surface area (Å²) in [6.07, 6.45) is 0. The van der Waals surface area contributed by atoms with Crippen LogP contribution in [0.1, 0.15) is 20.8 Å². The predicted octanol–water partition coefficient (Wildman–Crippen LogP) is 2.28. The van der Waals surface area contributed by atoms with Crippen LogP contribution in [0.2, 0.25) is 0 Å². The summed E-state index contributed by atoms with van der Waals surface area (Å²) >= 11 is 1.98. The molecular weight excluding hydrogens is 411 g/mol. The van der Waals surface area contributed by atoms with Crippen LogP contribution in [-0.2, 0) is 4.74 Å². The number of halogens is 1. The molecule has 1 amide bonds. The predicted molar refractivity (Wildman–Crippen MR) is 92.6 cm³/mol. The van der Waals surface area contributed by atoms with E-state index in [1.54, 1.807) is 30.3 Å². The molecule has 0 aliphatic rings. The van der Waals surface area contributed by atoms with Crippen molar-refractivity contribution in [1.29, 1.82) is 0 Å². The molecule has 0 spiro atoms. The minimum absolute atomic E-state index is 0.0711. The zero-order valence-corrected chi connectivity index (χ0v) is 14.6. The third-order valence-corrected chi connectivity index (χ3v) is 3.67. The van der Waals surface area contributed by atoms with E-state index in [0.29, 0.717) is 15.0 Å². The second-order valence-electron chi connectivity index (χ2n) is 4.45. The number of esters is 1. The van der Waals surface area contributed by atoms with Crippen molar-refractivity contribution >= 4 is 34.5 Å². The Morgan fingerprint density at radius 3 is 2.57 bits per heavy atom.